The molecule has 0 amide bonds. The molecule has 0 aromatic carbocycles. The Bertz CT molecular complexity index is 28.0. The van der Waals surface area contributed by atoms with E-state index in [1.165, 1.54) is 0 Å². The second kappa shape index (κ2) is 4.28. The van der Waals surface area contributed by atoms with Crippen molar-refractivity contribution in [3.05, 3.63) is 0 Å². The van der Waals surface area contributed by atoms with Gasteiger partial charge in [0.2, 0.25) is 0 Å². The van der Waals surface area contributed by atoms with Crippen LogP contribution in [0.25, 0.3) is 0 Å². The zero-order valence-electron chi connectivity index (χ0n) is 3.97. The average molecular weight is 214 g/mol. The Labute approximate surface area is 60.8 Å². The summed E-state index contributed by atoms with van der Waals surface area (Å²) >= 11 is 0.588. The van der Waals surface area contributed by atoms with Crippen molar-refractivity contribution in [3.63, 3.8) is 0 Å². The third-order valence-electron chi connectivity index (χ3n) is 0.524. The Hall–Kier alpha value is 1.11. The van der Waals surface area contributed by atoms with E-state index in [9.17, 15) is 0 Å². The first-order valence-corrected chi connectivity index (χ1v) is 3.17. The van der Waals surface area contributed by atoms with Crippen LogP contribution in [0.3, 0.4) is 0 Å². The van der Waals surface area contributed by atoms with E-state index < -0.39 is 0 Å². The van der Waals surface area contributed by atoms with Gasteiger partial charge in [0.1, 0.15) is 0 Å². The van der Waals surface area contributed by atoms with Gasteiger partial charge in [-0.15, -0.1) is 0 Å². The molecule has 0 aliphatic rings. The Balaban J connectivity index is 2.75. The number of hydrogen-bond acceptors (Lipinski definition) is 2. The maximum absolute atomic E-state index is 4.84. The van der Waals surface area contributed by atoms with Crippen LogP contribution in [0.15, 0.2) is 0 Å². The topological polar surface area (TPSA) is 18.5 Å². The fourth-order valence-electron chi connectivity index (χ4n) is 0.0556. The van der Waals surface area contributed by atoms with Crippen LogP contribution in [0, 0.1) is 34.3 Å². The molecule has 6 heavy (non-hydrogen) atoms. The van der Waals surface area contributed by atoms with Crippen molar-refractivity contribution in [2.75, 3.05) is 7.11 Å². The van der Waals surface area contributed by atoms with Crippen molar-refractivity contribution in [1.29, 1.82) is 0 Å². The predicted octanol–water partition coefficient (Wildman–Crippen LogP) is 0.460. The molecule has 0 aromatic rings. The molecule has 0 aliphatic heterocycles. The minimum atomic E-state index is 0.00926. The first-order chi connectivity index (χ1) is 2.81. The van der Waals surface area contributed by atoms with Crippen LogP contribution < -0.4 is 0 Å². The summed E-state index contributed by atoms with van der Waals surface area (Å²) in [6.45, 7) is 1.88. The molecule has 0 spiro atoms. The van der Waals surface area contributed by atoms with Gasteiger partial charge in [-0.2, -0.15) is 0 Å². The first kappa shape index (κ1) is 7.11. The number of ether oxygens (including phenoxy) is 1. The molecule has 0 bridgehead atoms. The molecule has 0 saturated carbocycles. The molecule has 1 unspecified atom stereocenters. The van der Waals surface area contributed by atoms with E-state index in [4.69, 9.17) is 6.44 Å². The van der Waals surface area contributed by atoms with Crippen LogP contribution >= 0.6 is 0 Å². The third kappa shape index (κ3) is 3.31. The van der Waals surface area contributed by atoms with E-state index in [1.54, 1.807) is 7.11 Å². The van der Waals surface area contributed by atoms with Crippen molar-refractivity contribution >= 4 is 0 Å². The second-order valence-electron chi connectivity index (χ2n) is 0.939. The number of rotatable bonds is 2. The van der Waals surface area contributed by atoms with Gasteiger partial charge >= 0.3 is 61.0 Å². The summed E-state index contributed by atoms with van der Waals surface area (Å²) in [4.78, 5) is 0. The summed E-state index contributed by atoms with van der Waals surface area (Å²) < 4.78 is 9.56. The van der Waals surface area contributed by atoms with E-state index in [-0.39, 0.29) is 6.29 Å². The van der Waals surface area contributed by atoms with Crippen LogP contribution in [-0.2, 0) is 6.44 Å². The van der Waals surface area contributed by atoms with Crippen molar-refractivity contribution in [2.45, 2.75) is 13.2 Å². The Morgan fingerprint density at radius 3 is 2.17 bits per heavy atom. The molecule has 2 nitrogen and oxygen atoms in total. The molecule has 0 heterocycles. The fraction of sp³-hybridized carbons (Fsp3) is 1.00. The summed E-state index contributed by atoms with van der Waals surface area (Å²) in [5.41, 5.74) is 0. The SMILES string of the molecule is COC(C)[O][La]. The molecule has 0 rings (SSSR count). The standard InChI is InChI=1S/C3H7O2.La/c1-3(4)5-2;/h3H,1-2H3;/q-1;+1. The van der Waals surface area contributed by atoms with E-state index >= 15 is 0 Å². The Morgan fingerprint density at radius 1 is 1.67 bits per heavy atom. The van der Waals surface area contributed by atoms with Crippen molar-refractivity contribution in [1.82, 2.24) is 0 Å². The second-order valence-corrected chi connectivity index (χ2v) is 1.79. The van der Waals surface area contributed by atoms with E-state index in [0.29, 0.717) is 34.3 Å². The van der Waals surface area contributed by atoms with Gasteiger partial charge in [-0.05, 0) is 0 Å². The Morgan fingerprint density at radius 2 is 2.17 bits per heavy atom. The van der Waals surface area contributed by atoms with Gasteiger partial charge in [0.25, 0.3) is 0 Å². The zero-order valence-corrected chi connectivity index (χ0v) is 7.60. The molecular weight excluding hydrogens is 207 g/mol. The van der Waals surface area contributed by atoms with Gasteiger partial charge in [0.15, 0.2) is 0 Å². The van der Waals surface area contributed by atoms with Crippen LogP contribution in [0.5, 0.6) is 0 Å². The third-order valence-corrected chi connectivity index (χ3v) is 1.73. The van der Waals surface area contributed by atoms with Gasteiger partial charge < -0.3 is 0 Å². The summed E-state index contributed by atoms with van der Waals surface area (Å²) in [7, 11) is 1.63. The van der Waals surface area contributed by atoms with E-state index in [1.807, 2.05) is 6.92 Å². The van der Waals surface area contributed by atoms with Crippen LogP contribution in [0.4, 0.5) is 0 Å². The van der Waals surface area contributed by atoms with Gasteiger partial charge in [-0.25, -0.2) is 0 Å². The monoisotopic (exact) mass is 214 g/mol. The van der Waals surface area contributed by atoms with Gasteiger partial charge in [0, 0.05) is 0 Å². The molecule has 0 aromatic heterocycles. The van der Waals surface area contributed by atoms with Crippen LogP contribution in [0.2, 0.25) is 0 Å². The number of methoxy groups -OCH3 is 1. The normalized spacial score (nSPS) is 14.2. The summed E-state index contributed by atoms with van der Waals surface area (Å²) in [5.74, 6) is 0. The van der Waals surface area contributed by atoms with Crippen molar-refractivity contribution in [2.24, 2.45) is 0 Å². The fourth-order valence-corrected chi connectivity index (χ4v) is 0.404. The first-order valence-electron chi connectivity index (χ1n) is 1.69. The average Bonchev–Trinajstić information content (AvgIpc) is 1.65. The zero-order chi connectivity index (χ0) is 4.99. The molecule has 0 N–H and O–H groups in total. The van der Waals surface area contributed by atoms with Crippen molar-refractivity contribution < 1.29 is 40.7 Å². The minimum absolute atomic E-state index is 0.00926. The molecule has 0 radical (unpaired) electrons. The molecule has 0 aliphatic carbocycles. The van der Waals surface area contributed by atoms with Gasteiger partial charge in [-0.3, -0.25) is 0 Å². The molecular formula is C3H7LaO2. The summed E-state index contributed by atoms with van der Waals surface area (Å²) in [5, 5.41) is 0. The molecule has 1 atom stereocenters. The summed E-state index contributed by atoms with van der Waals surface area (Å²) in [6.07, 6.45) is 0.00926. The molecule has 3 heteroatoms. The quantitative estimate of drug-likeness (QED) is 0.621. The van der Waals surface area contributed by atoms with E-state index in [0.717, 1.165) is 0 Å². The van der Waals surface area contributed by atoms with E-state index in [2.05, 4.69) is 0 Å². The van der Waals surface area contributed by atoms with Crippen LogP contribution in [0.1, 0.15) is 6.92 Å². The number of hydrogen-bond donors (Lipinski definition) is 0. The molecule has 34 valence electrons. The van der Waals surface area contributed by atoms with Gasteiger partial charge in [-0.1, -0.05) is 0 Å². The maximum atomic E-state index is 4.84. The summed E-state index contributed by atoms with van der Waals surface area (Å²) in [6, 6.07) is 0. The van der Waals surface area contributed by atoms with Crippen molar-refractivity contribution in [3.8, 4) is 0 Å². The Kier molecular flexibility index (Phi) is 5.07. The van der Waals surface area contributed by atoms with Gasteiger partial charge in [0.05, 0.1) is 0 Å². The predicted molar refractivity (Wildman–Crippen MR) is 17.6 cm³/mol. The van der Waals surface area contributed by atoms with Crippen LogP contribution in [-0.4, -0.2) is 13.4 Å². The molecule has 0 saturated heterocycles. The molecule has 0 fully saturated rings.